The van der Waals surface area contributed by atoms with E-state index in [1.165, 1.54) is 0 Å². The van der Waals surface area contributed by atoms with Crippen LogP contribution in [0.3, 0.4) is 0 Å². The van der Waals surface area contributed by atoms with Crippen LogP contribution in [0.1, 0.15) is 13.8 Å². The quantitative estimate of drug-likeness (QED) is 0.282. The van der Waals surface area contributed by atoms with Gasteiger partial charge in [-0.25, -0.2) is 9.45 Å². The van der Waals surface area contributed by atoms with Gasteiger partial charge in [-0.15, -0.1) is 4.67 Å². The zero-order valence-electron chi connectivity index (χ0n) is 7.76. The molecule has 0 spiro atoms. The lowest BCUT2D eigenvalue weighted by Crippen LogP contribution is -2.04. The number of phosphoric ester groups is 1. The average Bonchev–Trinajstić information content (AvgIpc) is 2.09. The lowest BCUT2D eigenvalue weighted by atomic mass is 10.8. The Balaban J connectivity index is 3.45. The molecule has 80 valence electrons. The van der Waals surface area contributed by atoms with Crippen molar-refractivity contribution in [1.29, 1.82) is 0 Å². The first-order chi connectivity index (χ1) is 6.12. The van der Waals surface area contributed by atoms with Crippen molar-refractivity contribution in [3.05, 3.63) is 0 Å². The minimum absolute atomic E-state index is 0.00527. The summed E-state index contributed by atoms with van der Waals surface area (Å²) in [6.45, 7) is 4.39. The topological polar surface area (TPSA) is 74.2 Å². The maximum atomic E-state index is 10.9. The Morgan fingerprint density at radius 2 is 1.92 bits per heavy atom. The van der Waals surface area contributed by atoms with Crippen LogP contribution in [0.5, 0.6) is 0 Å². The van der Waals surface area contributed by atoms with E-state index in [2.05, 4.69) is 14.1 Å². The molecule has 0 radical (unpaired) electrons. The van der Waals surface area contributed by atoms with Crippen LogP contribution in [0.25, 0.3) is 0 Å². The molecular weight excluding hydrogens is 199 g/mol. The highest BCUT2D eigenvalue weighted by Crippen LogP contribution is 2.42. The van der Waals surface area contributed by atoms with Crippen LogP contribution in [0.15, 0.2) is 0 Å². The van der Waals surface area contributed by atoms with Crippen LogP contribution in [0, 0.1) is 0 Å². The van der Waals surface area contributed by atoms with Crippen LogP contribution in [-0.2, 0) is 23.4 Å². The molecule has 7 heteroatoms. The van der Waals surface area contributed by atoms with Gasteiger partial charge in [-0.2, -0.15) is 0 Å². The zero-order valence-corrected chi connectivity index (χ0v) is 8.66. The molecule has 0 aliphatic rings. The summed E-state index contributed by atoms with van der Waals surface area (Å²) in [6, 6.07) is 0. The fourth-order valence-corrected chi connectivity index (χ4v) is 1.08. The Kier molecular flexibility index (Phi) is 7.45. The van der Waals surface area contributed by atoms with Gasteiger partial charge in [-0.05, 0) is 13.8 Å². The van der Waals surface area contributed by atoms with Crippen molar-refractivity contribution in [2.75, 3.05) is 26.4 Å². The summed E-state index contributed by atoms with van der Waals surface area (Å²) >= 11 is 0. The first-order valence-electron chi connectivity index (χ1n) is 3.98. The van der Waals surface area contributed by atoms with Gasteiger partial charge in [0.1, 0.15) is 0 Å². The number of rotatable bonds is 8. The van der Waals surface area contributed by atoms with Crippen LogP contribution in [-0.4, -0.2) is 31.3 Å². The minimum Gasteiger partial charge on any atom is -0.379 e. The average molecular weight is 214 g/mol. The summed E-state index contributed by atoms with van der Waals surface area (Å²) < 4.78 is 24.3. The van der Waals surface area contributed by atoms with E-state index in [9.17, 15) is 4.57 Å². The highest BCUT2D eigenvalue weighted by Gasteiger charge is 2.21. The molecule has 0 amide bonds. The molecule has 0 fully saturated rings. The Hall–Kier alpha value is 0.0300. The fraction of sp³-hybridized carbons (Fsp3) is 1.00. The lowest BCUT2D eigenvalue weighted by Gasteiger charge is -2.09. The van der Waals surface area contributed by atoms with E-state index < -0.39 is 7.82 Å². The van der Waals surface area contributed by atoms with E-state index in [0.717, 1.165) is 0 Å². The van der Waals surface area contributed by atoms with Crippen LogP contribution in [0.2, 0.25) is 0 Å². The smallest absolute Gasteiger partial charge is 0.379 e. The first kappa shape index (κ1) is 13.0. The summed E-state index contributed by atoms with van der Waals surface area (Å²) in [5.41, 5.74) is 0. The molecule has 0 aromatic rings. The second-order valence-electron chi connectivity index (χ2n) is 1.98. The normalized spacial score (nSPS) is 15.6. The van der Waals surface area contributed by atoms with E-state index in [1.807, 2.05) is 6.92 Å². The molecule has 6 nitrogen and oxygen atoms in total. The predicted octanol–water partition coefficient (Wildman–Crippen LogP) is 1.11. The lowest BCUT2D eigenvalue weighted by molar-refractivity contribution is -0.220. The maximum absolute atomic E-state index is 10.9. The molecule has 0 aromatic heterocycles. The molecule has 0 heterocycles. The van der Waals surface area contributed by atoms with Crippen molar-refractivity contribution in [2.24, 2.45) is 0 Å². The molecule has 1 N–H and O–H groups in total. The Morgan fingerprint density at radius 1 is 1.23 bits per heavy atom. The highest BCUT2D eigenvalue weighted by molar-refractivity contribution is 7.47. The van der Waals surface area contributed by atoms with Crippen molar-refractivity contribution >= 4 is 7.82 Å². The summed E-state index contributed by atoms with van der Waals surface area (Å²) in [4.78, 5) is 13.2. The van der Waals surface area contributed by atoms with Crippen molar-refractivity contribution in [1.82, 2.24) is 0 Å². The molecule has 0 aromatic carbocycles. The monoisotopic (exact) mass is 214 g/mol. The molecule has 1 unspecified atom stereocenters. The number of hydrogen-bond donors (Lipinski definition) is 1. The Morgan fingerprint density at radius 3 is 2.46 bits per heavy atom. The maximum Gasteiger partial charge on any atom is 0.499 e. The molecule has 0 saturated carbocycles. The SMILES string of the molecule is CCOCCOP(=O)(O)OOCC. The summed E-state index contributed by atoms with van der Waals surface area (Å²) in [5.74, 6) is 0. The van der Waals surface area contributed by atoms with Gasteiger partial charge >= 0.3 is 7.82 Å². The number of phosphoric acid groups is 1. The van der Waals surface area contributed by atoms with Crippen LogP contribution < -0.4 is 0 Å². The van der Waals surface area contributed by atoms with Gasteiger partial charge in [0, 0.05) is 6.61 Å². The highest BCUT2D eigenvalue weighted by atomic mass is 31.2. The van der Waals surface area contributed by atoms with Gasteiger partial charge < -0.3 is 9.63 Å². The Bertz CT molecular complexity index is 161. The minimum atomic E-state index is -4.05. The van der Waals surface area contributed by atoms with Gasteiger partial charge in [0.15, 0.2) is 0 Å². The molecule has 0 saturated heterocycles. The standard InChI is InChI=1S/C6H15O6P/c1-3-9-5-6-11-13(7,8)12-10-4-2/h3-6H2,1-2H3,(H,7,8). The molecule has 0 rings (SSSR count). The molecule has 13 heavy (non-hydrogen) atoms. The van der Waals surface area contributed by atoms with Crippen molar-refractivity contribution in [3.63, 3.8) is 0 Å². The summed E-state index contributed by atoms with van der Waals surface area (Å²) in [7, 11) is -4.05. The molecule has 0 aliphatic heterocycles. The molecular formula is C6H15O6P. The summed E-state index contributed by atoms with van der Waals surface area (Å²) in [5, 5.41) is 0. The predicted molar refractivity (Wildman–Crippen MR) is 45.0 cm³/mol. The van der Waals surface area contributed by atoms with Crippen molar-refractivity contribution < 1.29 is 28.3 Å². The third kappa shape index (κ3) is 8.36. The second-order valence-corrected chi connectivity index (χ2v) is 3.32. The van der Waals surface area contributed by atoms with Gasteiger partial charge in [0.25, 0.3) is 0 Å². The largest absolute Gasteiger partial charge is 0.499 e. The van der Waals surface area contributed by atoms with Gasteiger partial charge in [0.05, 0.1) is 19.8 Å². The van der Waals surface area contributed by atoms with Crippen molar-refractivity contribution in [3.8, 4) is 0 Å². The fourth-order valence-electron chi connectivity index (χ4n) is 0.497. The van der Waals surface area contributed by atoms with E-state index in [-0.39, 0.29) is 19.8 Å². The van der Waals surface area contributed by atoms with Crippen molar-refractivity contribution in [2.45, 2.75) is 13.8 Å². The molecule has 0 aliphatic carbocycles. The van der Waals surface area contributed by atoms with E-state index in [1.54, 1.807) is 6.92 Å². The third-order valence-corrected chi connectivity index (χ3v) is 1.75. The zero-order chi connectivity index (χ0) is 10.2. The van der Waals surface area contributed by atoms with Gasteiger partial charge in [-0.3, -0.25) is 4.52 Å². The van der Waals surface area contributed by atoms with E-state index >= 15 is 0 Å². The van der Waals surface area contributed by atoms with Crippen LogP contribution >= 0.6 is 7.82 Å². The number of ether oxygens (including phenoxy) is 1. The number of hydrogen-bond acceptors (Lipinski definition) is 5. The third-order valence-electron chi connectivity index (χ3n) is 0.951. The molecule has 1 atom stereocenters. The summed E-state index contributed by atoms with van der Waals surface area (Å²) in [6.07, 6.45) is 0. The second kappa shape index (κ2) is 7.44. The van der Waals surface area contributed by atoms with Gasteiger partial charge in [0.2, 0.25) is 0 Å². The van der Waals surface area contributed by atoms with E-state index in [4.69, 9.17) is 9.63 Å². The Labute approximate surface area is 77.3 Å². The van der Waals surface area contributed by atoms with E-state index in [0.29, 0.717) is 6.61 Å². The van der Waals surface area contributed by atoms with Crippen LogP contribution in [0.4, 0.5) is 0 Å². The van der Waals surface area contributed by atoms with Gasteiger partial charge in [-0.1, -0.05) is 0 Å². The first-order valence-corrected chi connectivity index (χ1v) is 5.48. The molecule has 0 bridgehead atoms.